The number of H-pyrrole nitrogens is 1. The Hall–Kier alpha value is -2.30. The molecule has 1 unspecified atom stereocenters. The molecule has 17 heavy (non-hydrogen) atoms. The summed E-state index contributed by atoms with van der Waals surface area (Å²) in [6.45, 7) is 0. The largest absolute Gasteiger partial charge is 0.348 e. The fraction of sp³-hybridized carbons (Fsp3) is 0.167. The maximum atomic E-state index is 11.9. The predicted molar refractivity (Wildman–Crippen MR) is 62.0 cm³/mol. The summed E-state index contributed by atoms with van der Waals surface area (Å²) >= 11 is 0. The van der Waals surface area contributed by atoms with Crippen molar-refractivity contribution >= 4 is 17.6 Å². The van der Waals surface area contributed by atoms with Crippen LogP contribution >= 0.6 is 0 Å². The minimum Gasteiger partial charge on any atom is -0.348 e. The highest BCUT2D eigenvalue weighted by atomic mass is 16.2. The highest BCUT2D eigenvalue weighted by molar-refractivity contribution is 6.42. The number of anilines is 1. The van der Waals surface area contributed by atoms with Gasteiger partial charge in [0, 0.05) is 6.20 Å². The molecule has 0 radical (unpaired) electrons. The highest BCUT2D eigenvalue weighted by Crippen LogP contribution is 2.26. The molecule has 2 aliphatic rings. The number of hydrogen-bond donors (Lipinski definition) is 2. The molecule has 1 fully saturated rings. The Bertz CT molecular complexity index is 528. The van der Waals surface area contributed by atoms with Gasteiger partial charge in [0.1, 0.15) is 5.82 Å². The molecule has 1 aromatic heterocycles. The van der Waals surface area contributed by atoms with Gasteiger partial charge in [0.2, 0.25) is 0 Å². The standard InChI is InChI=1S/C12H11N3O2/c16-11-12(17)15(10-6-3-7-13-10)9-5-2-1-4-8(9)14-11/h1-3,5-8,13H,4H2,(H,14,16). The van der Waals surface area contributed by atoms with Gasteiger partial charge in [-0.25, -0.2) is 0 Å². The summed E-state index contributed by atoms with van der Waals surface area (Å²) in [7, 11) is 0. The van der Waals surface area contributed by atoms with Crippen molar-refractivity contribution in [3.63, 3.8) is 0 Å². The van der Waals surface area contributed by atoms with Crippen LogP contribution in [-0.4, -0.2) is 22.8 Å². The van der Waals surface area contributed by atoms with E-state index in [1.165, 1.54) is 4.90 Å². The summed E-state index contributed by atoms with van der Waals surface area (Å²) in [6.07, 6.45) is 8.15. The molecule has 2 heterocycles. The average Bonchev–Trinajstić information content (AvgIpc) is 2.84. The van der Waals surface area contributed by atoms with Crippen LogP contribution in [0.3, 0.4) is 0 Å². The number of aromatic amines is 1. The Kier molecular flexibility index (Phi) is 2.11. The topological polar surface area (TPSA) is 65.2 Å². The van der Waals surface area contributed by atoms with Crippen molar-refractivity contribution in [2.75, 3.05) is 4.90 Å². The average molecular weight is 229 g/mol. The first kappa shape index (κ1) is 9.89. The zero-order valence-electron chi connectivity index (χ0n) is 9.01. The number of piperazine rings is 1. The number of aromatic nitrogens is 1. The minimum atomic E-state index is -0.558. The number of carbonyl (C=O) groups is 2. The lowest BCUT2D eigenvalue weighted by molar-refractivity contribution is -0.138. The molecule has 1 aromatic rings. The van der Waals surface area contributed by atoms with E-state index in [9.17, 15) is 9.59 Å². The first-order valence-electron chi connectivity index (χ1n) is 5.42. The van der Waals surface area contributed by atoms with Crippen LogP contribution in [0.15, 0.2) is 42.3 Å². The van der Waals surface area contributed by atoms with Crippen LogP contribution in [0.2, 0.25) is 0 Å². The molecule has 1 atom stereocenters. The van der Waals surface area contributed by atoms with Crippen LogP contribution in [-0.2, 0) is 9.59 Å². The van der Waals surface area contributed by atoms with E-state index in [1.807, 2.05) is 18.2 Å². The van der Waals surface area contributed by atoms with Crippen LogP contribution in [0.5, 0.6) is 0 Å². The molecule has 1 aliphatic heterocycles. The van der Waals surface area contributed by atoms with Gasteiger partial charge in [-0.15, -0.1) is 0 Å². The number of nitrogens with one attached hydrogen (secondary N) is 2. The van der Waals surface area contributed by atoms with Crippen molar-refractivity contribution in [1.82, 2.24) is 10.3 Å². The number of fused-ring (bicyclic) bond motifs is 1. The lowest BCUT2D eigenvalue weighted by Crippen LogP contribution is -2.56. The maximum absolute atomic E-state index is 11.9. The highest BCUT2D eigenvalue weighted by Gasteiger charge is 2.37. The van der Waals surface area contributed by atoms with Crippen molar-refractivity contribution in [3.8, 4) is 0 Å². The molecule has 5 heteroatoms. The number of amides is 2. The number of hydrogen-bond acceptors (Lipinski definition) is 2. The van der Waals surface area contributed by atoms with Gasteiger partial charge in [0.05, 0.1) is 11.7 Å². The molecule has 2 amide bonds. The second kappa shape index (κ2) is 3.62. The van der Waals surface area contributed by atoms with Gasteiger partial charge < -0.3 is 10.3 Å². The Morgan fingerprint density at radius 1 is 1.35 bits per heavy atom. The Morgan fingerprint density at radius 3 is 3.00 bits per heavy atom. The summed E-state index contributed by atoms with van der Waals surface area (Å²) in [6, 6.07) is 3.45. The zero-order valence-corrected chi connectivity index (χ0v) is 9.01. The molecule has 2 N–H and O–H groups in total. The fourth-order valence-electron chi connectivity index (χ4n) is 2.13. The summed E-state index contributed by atoms with van der Waals surface area (Å²) < 4.78 is 0. The van der Waals surface area contributed by atoms with Crippen molar-refractivity contribution < 1.29 is 9.59 Å². The van der Waals surface area contributed by atoms with Gasteiger partial charge in [0.25, 0.3) is 0 Å². The number of carbonyl (C=O) groups excluding carboxylic acids is 2. The molecule has 86 valence electrons. The maximum Gasteiger partial charge on any atom is 0.321 e. The summed E-state index contributed by atoms with van der Waals surface area (Å²) in [5.41, 5.74) is 0.805. The van der Waals surface area contributed by atoms with Gasteiger partial charge in [-0.1, -0.05) is 12.2 Å². The van der Waals surface area contributed by atoms with Gasteiger partial charge in [-0.05, 0) is 24.6 Å². The molecule has 1 saturated heterocycles. The van der Waals surface area contributed by atoms with Crippen LogP contribution in [0, 0.1) is 0 Å². The Balaban J connectivity index is 2.08. The number of allylic oxidation sites excluding steroid dienone is 2. The molecular weight excluding hydrogens is 218 g/mol. The Morgan fingerprint density at radius 2 is 2.24 bits per heavy atom. The van der Waals surface area contributed by atoms with E-state index in [1.54, 1.807) is 18.3 Å². The van der Waals surface area contributed by atoms with E-state index < -0.39 is 11.8 Å². The molecule has 3 rings (SSSR count). The second-order valence-corrected chi connectivity index (χ2v) is 3.98. The Labute approximate surface area is 97.8 Å². The van der Waals surface area contributed by atoms with Crippen LogP contribution in [0.4, 0.5) is 5.82 Å². The summed E-state index contributed by atoms with van der Waals surface area (Å²) in [5.74, 6) is -0.487. The molecular formula is C12H11N3O2. The second-order valence-electron chi connectivity index (χ2n) is 3.98. The van der Waals surface area contributed by atoms with E-state index in [4.69, 9.17) is 0 Å². The van der Waals surface area contributed by atoms with E-state index in [0.717, 1.165) is 5.70 Å². The van der Waals surface area contributed by atoms with Gasteiger partial charge in [-0.2, -0.15) is 0 Å². The molecule has 0 aromatic carbocycles. The van der Waals surface area contributed by atoms with E-state index >= 15 is 0 Å². The number of nitrogens with zero attached hydrogens (tertiary/aromatic N) is 1. The summed E-state index contributed by atoms with van der Waals surface area (Å²) in [4.78, 5) is 27.9. The van der Waals surface area contributed by atoms with Crippen LogP contribution < -0.4 is 10.2 Å². The fourth-order valence-corrected chi connectivity index (χ4v) is 2.13. The lowest BCUT2D eigenvalue weighted by Gasteiger charge is -2.35. The van der Waals surface area contributed by atoms with Crippen molar-refractivity contribution in [1.29, 1.82) is 0 Å². The van der Waals surface area contributed by atoms with E-state index in [2.05, 4.69) is 10.3 Å². The van der Waals surface area contributed by atoms with Crippen molar-refractivity contribution in [2.24, 2.45) is 0 Å². The van der Waals surface area contributed by atoms with Crippen LogP contribution in [0.1, 0.15) is 6.42 Å². The predicted octanol–water partition coefficient (Wildman–Crippen LogP) is 0.690. The minimum absolute atomic E-state index is 0.117. The number of rotatable bonds is 1. The first-order valence-corrected chi connectivity index (χ1v) is 5.42. The molecule has 5 nitrogen and oxygen atoms in total. The van der Waals surface area contributed by atoms with Crippen molar-refractivity contribution in [2.45, 2.75) is 12.5 Å². The SMILES string of the molecule is O=C1NC2CC=CC=C2N(c2ccc[nH]2)C1=O. The third kappa shape index (κ3) is 1.47. The van der Waals surface area contributed by atoms with Crippen LogP contribution in [0.25, 0.3) is 0 Å². The quantitative estimate of drug-likeness (QED) is 0.696. The van der Waals surface area contributed by atoms with Gasteiger partial charge >= 0.3 is 11.8 Å². The monoisotopic (exact) mass is 229 g/mol. The normalized spacial score (nSPS) is 23.2. The molecule has 0 spiro atoms. The van der Waals surface area contributed by atoms with E-state index in [-0.39, 0.29) is 6.04 Å². The van der Waals surface area contributed by atoms with Crippen molar-refractivity contribution in [3.05, 3.63) is 42.3 Å². The zero-order chi connectivity index (χ0) is 11.8. The van der Waals surface area contributed by atoms with Gasteiger partial charge in [-0.3, -0.25) is 14.5 Å². The smallest absolute Gasteiger partial charge is 0.321 e. The molecule has 1 aliphatic carbocycles. The van der Waals surface area contributed by atoms with E-state index in [0.29, 0.717) is 12.2 Å². The van der Waals surface area contributed by atoms with Gasteiger partial charge in [0.15, 0.2) is 0 Å². The third-order valence-corrected chi connectivity index (χ3v) is 2.92. The molecule has 0 saturated carbocycles. The first-order chi connectivity index (χ1) is 8.27. The third-order valence-electron chi connectivity index (χ3n) is 2.92. The lowest BCUT2D eigenvalue weighted by atomic mass is 10.0. The molecule has 0 bridgehead atoms. The summed E-state index contributed by atoms with van der Waals surface area (Å²) in [5, 5.41) is 2.70.